The third kappa shape index (κ3) is 3.86. The summed E-state index contributed by atoms with van der Waals surface area (Å²) in [7, 11) is 1.61. The number of ether oxygens (including phenoxy) is 1. The fraction of sp³-hybridized carbons (Fsp3) is 0.133. The minimum atomic E-state index is -0.415. The lowest BCUT2D eigenvalue weighted by molar-refractivity contribution is 0.251. The van der Waals surface area contributed by atoms with Crippen molar-refractivity contribution in [3.05, 3.63) is 47.3 Å². The van der Waals surface area contributed by atoms with E-state index < -0.39 is 6.03 Å². The monoisotopic (exact) mass is 330 g/mol. The van der Waals surface area contributed by atoms with Crippen molar-refractivity contribution in [3.63, 3.8) is 0 Å². The summed E-state index contributed by atoms with van der Waals surface area (Å²) in [6.07, 6.45) is 0. The number of methoxy groups -OCH3 is 1. The van der Waals surface area contributed by atoms with Crippen LogP contribution >= 0.6 is 11.3 Å². The highest BCUT2D eigenvalue weighted by molar-refractivity contribution is 7.13. The topological polar surface area (TPSA) is 89.3 Å². The Labute approximate surface area is 136 Å². The third-order valence-electron chi connectivity index (χ3n) is 2.99. The lowest BCUT2D eigenvalue weighted by Gasteiger charge is -2.05. The van der Waals surface area contributed by atoms with E-state index in [-0.39, 0.29) is 6.01 Å². The Hall–Kier alpha value is -2.87. The van der Waals surface area contributed by atoms with Crippen LogP contribution in [0.3, 0.4) is 0 Å². The number of nitrogens with one attached hydrogen (secondary N) is 2. The van der Waals surface area contributed by atoms with Gasteiger partial charge in [0.1, 0.15) is 5.75 Å². The van der Waals surface area contributed by atoms with Crippen molar-refractivity contribution in [1.82, 2.24) is 15.5 Å². The van der Waals surface area contributed by atoms with Crippen molar-refractivity contribution >= 4 is 23.4 Å². The highest BCUT2D eigenvalue weighted by atomic mass is 32.1. The molecular formula is C15H14N4O3S. The predicted molar refractivity (Wildman–Crippen MR) is 86.5 cm³/mol. The molecule has 0 radical (unpaired) electrons. The number of hydrogen-bond acceptors (Lipinski definition) is 6. The summed E-state index contributed by atoms with van der Waals surface area (Å²) in [4.78, 5) is 12.7. The van der Waals surface area contributed by atoms with Crippen molar-refractivity contribution in [2.45, 2.75) is 6.54 Å². The SMILES string of the molecule is COc1ccc(CNC(=O)Nc2nnc(-c3cccs3)o2)cc1. The van der Waals surface area contributed by atoms with Gasteiger partial charge in [-0.2, -0.15) is 0 Å². The fourth-order valence-electron chi connectivity index (χ4n) is 1.84. The first-order chi connectivity index (χ1) is 11.2. The van der Waals surface area contributed by atoms with Gasteiger partial charge in [0.2, 0.25) is 0 Å². The standard InChI is InChI=1S/C15H14N4O3S/c1-21-11-6-4-10(5-7-11)9-16-14(20)17-15-19-18-13(22-15)12-3-2-8-23-12/h2-8H,9H2,1H3,(H2,16,17,19,20). The van der Waals surface area contributed by atoms with Crippen molar-refractivity contribution < 1.29 is 13.9 Å². The zero-order valence-corrected chi connectivity index (χ0v) is 13.1. The Morgan fingerprint density at radius 1 is 1.26 bits per heavy atom. The molecule has 0 fully saturated rings. The van der Waals surface area contributed by atoms with Gasteiger partial charge in [0, 0.05) is 6.54 Å². The summed E-state index contributed by atoms with van der Waals surface area (Å²) in [5, 5.41) is 14.8. The zero-order chi connectivity index (χ0) is 16.1. The van der Waals surface area contributed by atoms with Gasteiger partial charge in [-0.25, -0.2) is 4.79 Å². The maximum absolute atomic E-state index is 11.8. The first kappa shape index (κ1) is 15.0. The molecule has 23 heavy (non-hydrogen) atoms. The Balaban J connectivity index is 1.53. The molecule has 0 atom stereocenters. The molecule has 0 bridgehead atoms. The fourth-order valence-corrected chi connectivity index (χ4v) is 2.48. The van der Waals surface area contributed by atoms with Crippen LogP contribution in [0, 0.1) is 0 Å². The summed E-state index contributed by atoms with van der Waals surface area (Å²) < 4.78 is 10.5. The third-order valence-corrected chi connectivity index (χ3v) is 3.85. The first-order valence-electron chi connectivity index (χ1n) is 6.80. The number of carbonyl (C=O) groups is 1. The highest BCUT2D eigenvalue weighted by Gasteiger charge is 2.11. The number of urea groups is 1. The molecule has 2 amide bonds. The normalized spacial score (nSPS) is 10.3. The number of aromatic nitrogens is 2. The second kappa shape index (κ2) is 6.93. The molecular weight excluding hydrogens is 316 g/mol. The van der Waals surface area contributed by atoms with Crippen molar-refractivity contribution in [3.8, 4) is 16.5 Å². The lowest BCUT2D eigenvalue weighted by atomic mass is 10.2. The molecule has 0 aliphatic heterocycles. The number of carbonyl (C=O) groups excluding carboxylic acids is 1. The Bertz CT molecular complexity index is 768. The van der Waals surface area contributed by atoms with Gasteiger partial charge in [-0.3, -0.25) is 5.32 Å². The molecule has 3 rings (SSSR count). The average molecular weight is 330 g/mol. The van der Waals surface area contributed by atoms with Crippen LogP contribution in [0.2, 0.25) is 0 Å². The molecule has 0 spiro atoms. The van der Waals surface area contributed by atoms with Crippen LogP contribution in [0.4, 0.5) is 10.8 Å². The maximum Gasteiger partial charge on any atom is 0.324 e. The molecule has 0 aliphatic rings. The predicted octanol–water partition coefficient (Wildman–Crippen LogP) is 3.13. The van der Waals surface area contributed by atoms with Gasteiger partial charge in [-0.05, 0) is 29.1 Å². The van der Waals surface area contributed by atoms with Crippen LogP contribution in [0.15, 0.2) is 46.2 Å². The first-order valence-corrected chi connectivity index (χ1v) is 7.68. The Kier molecular flexibility index (Phi) is 4.53. The highest BCUT2D eigenvalue weighted by Crippen LogP contribution is 2.24. The summed E-state index contributed by atoms with van der Waals surface area (Å²) in [5.74, 6) is 1.15. The van der Waals surface area contributed by atoms with E-state index in [0.29, 0.717) is 12.4 Å². The van der Waals surface area contributed by atoms with E-state index in [1.54, 1.807) is 7.11 Å². The number of benzene rings is 1. The van der Waals surface area contributed by atoms with Gasteiger partial charge in [-0.15, -0.1) is 16.4 Å². The molecule has 3 aromatic rings. The molecule has 0 saturated carbocycles. The van der Waals surface area contributed by atoms with E-state index in [1.165, 1.54) is 11.3 Å². The van der Waals surface area contributed by atoms with Crippen LogP contribution in [0.1, 0.15) is 5.56 Å². The van der Waals surface area contributed by atoms with Gasteiger partial charge in [0.05, 0.1) is 12.0 Å². The summed E-state index contributed by atoms with van der Waals surface area (Å²) in [6.45, 7) is 0.377. The second-order valence-corrected chi connectivity index (χ2v) is 5.49. The molecule has 0 saturated heterocycles. The molecule has 2 aromatic heterocycles. The van der Waals surface area contributed by atoms with Crippen LogP contribution in [0.25, 0.3) is 10.8 Å². The molecule has 0 aliphatic carbocycles. The Morgan fingerprint density at radius 2 is 2.09 bits per heavy atom. The molecule has 118 valence electrons. The maximum atomic E-state index is 11.8. The van der Waals surface area contributed by atoms with E-state index >= 15 is 0 Å². The van der Waals surface area contributed by atoms with Gasteiger partial charge in [0.15, 0.2) is 0 Å². The number of rotatable bonds is 5. The molecule has 8 heteroatoms. The minimum absolute atomic E-state index is 0.0561. The number of hydrogen-bond donors (Lipinski definition) is 2. The van der Waals surface area contributed by atoms with E-state index in [0.717, 1.165) is 16.2 Å². The smallest absolute Gasteiger partial charge is 0.324 e. The van der Waals surface area contributed by atoms with Crippen LogP contribution in [0.5, 0.6) is 5.75 Å². The average Bonchev–Trinajstić information content (AvgIpc) is 3.24. The van der Waals surface area contributed by atoms with Gasteiger partial charge in [0.25, 0.3) is 5.89 Å². The molecule has 2 N–H and O–H groups in total. The van der Waals surface area contributed by atoms with Crippen LogP contribution in [-0.2, 0) is 6.54 Å². The Morgan fingerprint density at radius 3 is 2.78 bits per heavy atom. The molecule has 2 heterocycles. The summed E-state index contributed by atoms with van der Waals surface area (Å²) >= 11 is 1.48. The van der Waals surface area contributed by atoms with Gasteiger partial charge < -0.3 is 14.5 Å². The van der Waals surface area contributed by atoms with Crippen molar-refractivity contribution in [2.75, 3.05) is 12.4 Å². The zero-order valence-electron chi connectivity index (χ0n) is 12.3. The van der Waals surface area contributed by atoms with Crippen molar-refractivity contribution in [2.24, 2.45) is 0 Å². The summed E-state index contributed by atoms with van der Waals surface area (Å²) in [6, 6.07) is 10.8. The minimum Gasteiger partial charge on any atom is -0.497 e. The largest absolute Gasteiger partial charge is 0.497 e. The molecule has 1 aromatic carbocycles. The number of thiophene rings is 1. The summed E-state index contributed by atoms with van der Waals surface area (Å²) in [5.41, 5.74) is 0.950. The quantitative estimate of drug-likeness (QED) is 0.750. The van der Waals surface area contributed by atoms with E-state index in [9.17, 15) is 4.79 Å². The van der Waals surface area contributed by atoms with E-state index in [4.69, 9.17) is 9.15 Å². The number of anilines is 1. The second-order valence-electron chi connectivity index (χ2n) is 4.55. The molecule has 0 unspecified atom stereocenters. The van der Waals surface area contributed by atoms with Crippen molar-refractivity contribution in [1.29, 1.82) is 0 Å². The van der Waals surface area contributed by atoms with Gasteiger partial charge >= 0.3 is 12.0 Å². The lowest BCUT2D eigenvalue weighted by Crippen LogP contribution is -2.28. The van der Waals surface area contributed by atoms with Crippen LogP contribution < -0.4 is 15.4 Å². The number of nitrogens with zero attached hydrogens (tertiary/aromatic N) is 2. The van der Waals surface area contributed by atoms with Crippen LogP contribution in [-0.4, -0.2) is 23.3 Å². The van der Waals surface area contributed by atoms with E-state index in [2.05, 4.69) is 20.8 Å². The van der Waals surface area contributed by atoms with E-state index in [1.807, 2.05) is 41.8 Å². The molecule has 7 nitrogen and oxygen atoms in total. The number of amides is 2. The van der Waals surface area contributed by atoms with Gasteiger partial charge in [-0.1, -0.05) is 23.3 Å².